The minimum absolute atomic E-state index is 0.616. The van der Waals surface area contributed by atoms with E-state index in [-0.39, 0.29) is 0 Å². The second kappa shape index (κ2) is 3.72. The van der Waals surface area contributed by atoms with Crippen molar-refractivity contribution in [3.8, 4) is 11.1 Å². The molecule has 10 heavy (non-hydrogen) atoms. The molecule has 0 saturated heterocycles. The first kappa shape index (κ1) is 8.53. The number of hydrogen-bond acceptors (Lipinski definition) is 0. The lowest BCUT2D eigenvalue weighted by Gasteiger charge is -1.73. The Bertz CT molecular complexity index is 200. The van der Waals surface area contributed by atoms with Crippen molar-refractivity contribution < 1.29 is 0 Å². The molecule has 1 unspecified atom stereocenters. The van der Waals surface area contributed by atoms with E-state index in [4.69, 9.17) is 0 Å². The van der Waals surface area contributed by atoms with Gasteiger partial charge >= 0.3 is 0 Å². The summed E-state index contributed by atoms with van der Waals surface area (Å²) in [6.07, 6.45) is 0. The molecule has 2 heteroatoms. The summed E-state index contributed by atoms with van der Waals surface area (Å²) in [4.78, 5) is 0. The van der Waals surface area contributed by atoms with Crippen molar-refractivity contribution in [2.75, 3.05) is 0 Å². The first-order valence-electron chi connectivity index (χ1n) is 3.09. The summed E-state index contributed by atoms with van der Waals surface area (Å²) in [5, 5.41) is 0. The van der Waals surface area contributed by atoms with Gasteiger partial charge in [0.15, 0.2) is 0 Å². The van der Waals surface area contributed by atoms with Gasteiger partial charge in [-0.1, -0.05) is 56.7 Å². The summed E-state index contributed by atoms with van der Waals surface area (Å²) in [5.74, 6) is 0. The van der Waals surface area contributed by atoms with Crippen LogP contribution >= 0.6 is 38.5 Å². The van der Waals surface area contributed by atoms with E-state index in [9.17, 15) is 0 Å². The molecule has 0 saturated carbocycles. The van der Waals surface area contributed by atoms with Crippen LogP contribution in [-0.4, -0.2) is 2.83 Å². The summed E-state index contributed by atoms with van der Waals surface area (Å²) in [6, 6.07) is 8.48. The van der Waals surface area contributed by atoms with Gasteiger partial charge < -0.3 is 0 Å². The minimum Gasteiger partial charge on any atom is -0.0778 e. The molecule has 0 nitrogen and oxygen atoms in total. The molecule has 0 radical (unpaired) electrons. The lowest BCUT2D eigenvalue weighted by atomic mass is 10.6. The lowest BCUT2D eigenvalue weighted by molar-refractivity contribution is 1.51. The van der Waals surface area contributed by atoms with Crippen molar-refractivity contribution in [1.82, 2.24) is 0 Å². The van der Waals surface area contributed by atoms with Gasteiger partial charge in [-0.2, -0.15) is 0 Å². The SMILES string of the molecule is CC(Br)I.c1cc2cc-2c1. The van der Waals surface area contributed by atoms with Crippen LogP contribution in [0.2, 0.25) is 0 Å². The average Bonchev–Trinajstić information content (AvgIpc) is 2.40. The van der Waals surface area contributed by atoms with Crippen molar-refractivity contribution in [2.45, 2.75) is 9.76 Å². The van der Waals surface area contributed by atoms with E-state index in [0.29, 0.717) is 2.83 Å². The third kappa shape index (κ3) is 3.01. The smallest absolute Gasteiger partial charge is 0.0634 e. The number of hydrogen-bond donors (Lipinski definition) is 0. The Morgan fingerprint density at radius 3 is 1.90 bits per heavy atom. The zero-order valence-electron chi connectivity index (χ0n) is 5.64. The molecule has 2 aliphatic carbocycles. The van der Waals surface area contributed by atoms with Crippen LogP contribution in [0.3, 0.4) is 0 Å². The van der Waals surface area contributed by atoms with E-state index >= 15 is 0 Å². The van der Waals surface area contributed by atoms with E-state index < -0.39 is 0 Å². The van der Waals surface area contributed by atoms with Crippen LogP contribution in [0.25, 0.3) is 11.1 Å². The Morgan fingerprint density at radius 1 is 1.40 bits per heavy atom. The molecule has 0 aromatic rings. The Hall–Kier alpha value is 0.430. The maximum absolute atomic E-state index is 3.26. The number of halogens is 2. The molecule has 2 aliphatic rings. The Morgan fingerprint density at radius 2 is 1.80 bits per heavy atom. The molecule has 0 N–H and O–H groups in total. The molecule has 0 aromatic heterocycles. The second-order valence-electron chi connectivity index (χ2n) is 2.10. The van der Waals surface area contributed by atoms with E-state index in [1.165, 1.54) is 11.1 Å². The number of rotatable bonds is 0. The van der Waals surface area contributed by atoms with E-state index in [1.807, 2.05) is 0 Å². The topological polar surface area (TPSA) is 0 Å². The highest BCUT2D eigenvalue weighted by molar-refractivity contribution is 14.1. The van der Waals surface area contributed by atoms with Gasteiger partial charge in [-0.3, -0.25) is 0 Å². The van der Waals surface area contributed by atoms with E-state index in [2.05, 4.69) is 69.7 Å². The summed E-state index contributed by atoms with van der Waals surface area (Å²) < 4.78 is 0.616. The van der Waals surface area contributed by atoms with Gasteiger partial charge in [0.1, 0.15) is 0 Å². The van der Waals surface area contributed by atoms with Crippen molar-refractivity contribution in [1.29, 1.82) is 0 Å². The number of benzene rings is 1. The number of fused-ring (bicyclic) bond motifs is 1. The maximum Gasteiger partial charge on any atom is 0.0634 e. The molecule has 0 heterocycles. The van der Waals surface area contributed by atoms with Crippen molar-refractivity contribution in [3.63, 3.8) is 0 Å². The quantitative estimate of drug-likeness (QED) is 0.512. The van der Waals surface area contributed by atoms with E-state index in [1.54, 1.807) is 0 Å². The van der Waals surface area contributed by atoms with Gasteiger partial charge in [0.2, 0.25) is 0 Å². The molecule has 0 aromatic carbocycles. The van der Waals surface area contributed by atoms with Gasteiger partial charge in [-0.15, -0.1) is 0 Å². The van der Waals surface area contributed by atoms with Crippen molar-refractivity contribution in [2.24, 2.45) is 0 Å². The second-order valence-corrected chi connectivity index (χ2v) is 7.05. The Balaban J connectivity index is 0.000000112. The van der Waals surface area contributed by atoms with Crippen LogP contribution < -0.4 is 0 Å². The van der Waals surface area contributed by atoms with Crippen LogP contribution in [-0.2, 0) is 0 Å². The molecule has 0 amide bonds. The fraction of sp³-hybridized carbons (Fsp3) is 0.250. The molecular formula is C8H8BrI. The zero-order chi connectivity index (χ0) is 7.56. The molecule has 0 bridgehead atoms. The summed E-state index contributed by atoms with van der Waals surface area (Å²) in [5.41, 5.74) is 2.85. The monoisotopic (exact) mass is 310 g/mol. The molecule has 2 rings (SSSR count). The first-order valence-corrected chi connectivity index (χ1v) is 5.25. The van der Waals surface area contributed by atoms with Crippen LogP contribution in [0, 0.1) is 0 Å². The first-order chi connectivity index (χ1) is 4.70. The van der Waals surface area contributed by atoms with Gasteiger partial charge in [0, 0.05) is 0 Å². The highest BCUT2D eigenvalue weighted by atomic mass is 127. The fourth-order valence-corrected chi connectivity index (χ4v) is 0.676. The largest absolute Gasteiger partial charge is 0.0778 e. The minimum atomic E-state index is 0.616. The number of alkyl halides is 2. The van der Waals surface area contributed by atoms with Gasteiger partial charge in [-0.25, -0.2) is 0 Å². The van der Waals surface area contributed by atoms with E-state index in [0.717, 1.165) is 0 Å². The third-order valence-electron chi connectivity index (χ3n) is 1.11. The van der Waals surface area contributed by atoms with Crippen molar-refractivity contribution >= 4 is 38.5 Å². The van der Waals surface area contributed by atoms with Crippen LogP contribution in [0.15, 0.2) is 24.3 Å². The Labute approximate surface area is 83.3 Å². The zero-order valence-corrected chi connectivity index (χ0v) is 9.39. The molecule has 0 aliphatic heterocycles. The molecular weight excluding hydrogens is 303 g/mol. The normalized spacial score (nSPS) is 13.1. The van der Waals surface area contributed by atoms with Gasteiger partial charge in [0.05, 0.1) is 2.83 Å². The Kier molecular flexibility index (Phi) is 3.17. The molecule has 54 valence electrons. The molecule has 1 atom stereocenters. The molecule has 0 fully saturated rings. The summed E-state index contributed by atoms with van der Waals surface area (Å²) in [7, 11) is 0. The lowest BCUT2D eigenvalue weighted by Crippen LogP contribution is -1.59. The predicted molar refractivity (Wildman–Crippen MR) is 57.8 cm³/mol. The highest BCUT2D eigenvalue weighted by Gasteiger charge is 2.06. The fourth-order valence-electron chi connectivity index (χ4n) is 0.676. The standard InChI is InChI=1S/C6H4.C2H4BrI/c1-2-5-4-6(5)3-1;1-2(3)4/h1-4H;2H,1H3. The molecule has 0 spiro atoms. The van der Waals surface area contributed by atoms with Crippen molar-refractivity contribution in [3.05, 3.63) is 24.3 Å². The van der Waals surface area contributed by atoms with Crippen LogP contribution in [0.4, 0.5) is 0 Å². The van der Waals surface area contributed by atoms with Crippen LogP contribution in [0.5, 0.6) is 0 Å². The average molecular weight is 311 g/mol. The maximum atomic E-state index is 3.26. The summed E-state index contributed by atoms with van der Waals surface area (Å²) >= 11 is 5.52. The van der Waals surface area contributed by atoms with Crippen LogP contribution in [0.1, 0.15) is 6.92 Å². The summed E-state index contributed by atoms with van der Waals surface area (Å²) in [6.45, 7) is 2.07. The van der Waals surface area contributed by atoms with Gasteiger partial charge in [0.25, 0.3) is 0 Å². The third-order valence-corrected chi connectivity index (χ3v) is 1.11. The van der Waals surface area contributed by atoms with Gasteiger partial charge in [-0.05, 0) is 24.1 Å². The predicted octanol–water partition coefficient (Wildman–Crippen LogP) is 3.83. The highest BCUT2D eigenvalue weighted by Crippen LogP contribution is 2.32.